The van der Waals surface area contributed by atoms with E-state index in [-0.39, 0.29) is 28.8 Å². The smallest absolute Gasteiger partial charge is 0.392 e. The summed E-state index contributed by atoms with van der Waals surface area (Å²) in [5.74, 6) is -0.562. The monoisotopic (exact) mass is 394 g/mol. The summed E-state index contributed by atoms with van der Waals surface area (Å²) in [5.41, 5.74) is -1.35. The molecule has 3 N–H and O–H groups in total. The van der Waals surface area contributed by atoms with Gasteiger partial charge in [0.15, 0.2) is 0 Å². The quantitative estimate of drug-likeness (QED) is 0.631. The number of hydrogen-bond acceptors (Lipinski definition) is 4. The van der Waals surface area contributed by atoms with Gasteiger partial charge in [0.05, 0.1) is 28.9 Å². The Kier molecular flexibility index (Phi) is 4.99. The van der Waals surface area contributed by atoms with Gasteiger partial charge in [-0.2, -0.15) is 18.3 Å². The molecule has 28 heavy (non-hydrogen) atoms. The van der Waals surface area contributed by atoms with Crippen LogP contribution in [0.3, 0.4) is 0 Å². The second-order valence-electron chi connectivity index (χ2n) is 6.47. The van der Waals surface area contributed by atoms with Crippen LogP contribution in [-0.4, -0.2) is 38.4 Å². The molecule has 0 aliphatic rings. The Hall–Kier alpha value is -3.14. The van der Waals surface area contributed by atoms with Crippen LogP contribution in [0.2, 0.25) is 0 Å². The van der Waals surface area contributed by atoms with Crippen LogP contribution in [0.5, 0.6) is 0 Å². The number of fused-ring (bicyclic) bond motifs is 1. The fourth-order valence-electron chi connectivity index (χ4n) is 2.81. The third-order valence-corrected chi connectivity index (χ3v) is 4.18. The molecule has 0 bridgehead atoms. The van der Waals surface area contributed by atoms with Crippen molar-refractivity contribution in [2.24, 2.45) is 7.05 Å². The van der Waals surface area contributed by atoms with Gasteiger partial charge in [-0.25, -0.2) is 0 Å². The number of alkyl halides is 3. The molecule has 0 radical (unpaired) electrons. The summed E-state index contributed by atoms with van der Waals surface area (Å²) >= 11 is 0. The minimum Gasteiger partial charge on any atom is -0.392 e. The number of nitrogens with zero attached hydrogens (tertiary/aromatic N) is 2. The number of H-pyrrole nitrogens is 1. The van der Waals surface area contributed by atoms with Crippen LogP contribution in [0.1, 0.15) is 22.8 Å². The van der Waals surface area contributed by atoms with Crippen molar-refractivity contribution in [1.82, 2.24) is 20.1 Å². The largest absolute Gasteiger partial charge is 0.416 e. The number of aromatic nitrogens is 3. The number of rotatable bonds is 4. The highest BCUT2D eigenvalue weighted by Crippen LogP contribution is 2.35. The van der Waals surface area contributed by atoms with Gasteiger partial charge < -0.3 is 15.0 Å². The summed E-state index contributed by atoms with van der Waals surface area (Å²) in [6.45, 7) is 1.48. The molecule has 3 aromatic rings. The molecule has 2 heterocycles. The van der Waals surface area contributed by atoms with Crippen molar-refractivity contribution in [2.45, 2.75) is 19.2 Å². The highest BCUT2D eigenvalue weighted by molar-refractivity contribution is 5.98. The van der Waals surface area contributed by atoms with Crippen LogP contribution in [-0.2, 0) is 13.2 Å². The first-order chi connectivity index (χ1) is 13.1. The maximum atomic E-state index is 13.3. The number of aromatic amines is 1. The van der Waals surface area contributed by atoms with Crippen molar-refractivity contribution in [1.29, 1.82) is 0 Å². The lowest BCUT2D eigenvalue weighted by atomic mass is 9.98. The maximum Gasteiger partial charge on any atom is 0.416 e. The van der Waals surface area contributed by atoms with Crippen LogP contribution in [0.4, 0.5) is 13.2 Å². The molecule has 2 aromatic heterocycles. The fraction of sp³-hybridized carbons (Fsp3) is 0.278. The molecule has 1 aromatic carbocycles. The van der Waals surface area contributed by atoms with Crippen LogP contribution < -0.4 is 10.9 Å². The first-order valence-electron chi connectivity index (χ1n) is 8.29. The number of aliphatic hydroxyl groups is 1. The number of benzene rings is 1. The Balaban J connectivity index is 2.20. The van der Waals surface area contributed by atoms with E-state index >= 15 is 0 Å². The van der Waals surface area contributed by atoms with Crippen molar-refractivity contribution in [2.75, 3.05) is 6.54 Å². The summed E-state index contributed by atoms with van der Waals surface area (Å²) < 4.78 is 41.0. The molecule has 7 nitrogen and oxygen atoms in total. The average Bonchev–Trinajstić information content (AvgIpc) is 3.09. The fourth-order valence-corrected chi connectivity index (χ4v) is 2.81. The van der Waals surface area contributed by atoms with Gasteiger partial charge in [-0.1, -0.05) is 0 Å². The molecular formula is C18H17F3N4O3. The van der Waals surface area contributed by atoms with Gasteiger partial charge in [-0.3, -0.25) is 14.7 Å². The average molecular weight is 394 g/mol. The van der Waals surface area contributed by atoms with Gasteiger partial charge in [-0.05, 0) is 30.7 Å². The van der Waals surface area contributed by atoms with E-state index in [0.29, 0.717) is 5.39 Å². The Bertz CT molecular complexity index is 1100. The van der Waals surface area contributed by atoms with Crippen molar-refractivity contribution in [3.63, 3.8) is 0 Å². The highest BCUT2D eigenvalue weighted by atomic mass is 19.4. The van der Waals surface area contributed by atoms with Crippen LogP contribution >= 0.6 is 0 Å². The Morgan fingerprint density at radius 3 is 2.68 bits per heavy atom. The van der Waals surface area contributed by atoms with Gasteiger partial charge in [0.1, 0.15) is 0 Å². The lowest BCUT2D eigenvalue weighted by Gasteiger charge is -2.13. The number of nitrogens with one attached hydrogen (secondary N) is 2. The molecule has 0 aliphatic carbocycles. The highest BCUT2D eigenvalue weighted by Gasteiger charge is 2.32. The van der Waals surface area contributed by atoms with Gasteiger partial charge in [-0.15, -0.1) is 0 Å². The predicted molar refractivity (Wildman–Crippen MR) is 95.8 cm³/mol. The first-order valence-corrected chi connectivity index (χ1v) is 8.29. The molecule has 0 spiro atoms. The molecule has 1 amide bonds. The van der Waals surface area contributed by atoms with E-state index in [1.54, 1.807) is 0 Å². The van der Waals surface area contributed by atoms with Crippen molar-refractivity contribution in [3.05, 3.63) is 52.1 Å². The number of aliphatic hydroxyl groups excluding tert-OH is 1. The molecule has 3 rings (SSSR count). The number of hydrogen-bond donors (Lipinski definition) is 3. The SMILES string of the molecule is C[C@@H](O)CNC(=O)c1cc(-c2cc(C(F)(F)F)cc3[nH]ncc23)c(=O)n(C)c1. The molecule has 0 saturated carbocycles. The zero-order valence-electron chi connectivity index (χ0n) is 15.0. The molecule has 0 aliphatic heterocycles. The number of halogens is 3. The molecule has 148 valence electrons. The lowest BCUT2D eigenvalue weighted by molar-refractivity contribution is -0.137. The third kappa shape index (κ3) is 3.77. The minimum absolute atomic E-state index is 0.00740. The van der Waals surface area contributed by atoms with E-state index in [1.807, 2.05) is 0 Å². The number of aryl methyl sites for hydroxylation is 1. The zero-order chi connectivity index (χ0) is 20.6. The number of pyridine rings is 1. The standard InChI is InChI=1S/C18H17F3N4O3/c1-9(26)6-22-16(27)10-3-13(17(28)25(2)8-10)12-4-11(18(19,20)21)5-15-14(12)7-23-24-15/h3-5,7-9,26H,6H2,1-2H3,(H,22,27)(H,23,24)/t9-/m1/s1. The van der Waals surface area contributed by atoms with Crippen LogP contribution in [0.25, 0.3) is 22.0 Å². The van der Waals surface area contributed by atoms with E-state index in [2.05, 4.69) is 15.5 Å². The van der Waals surface area contributed by atoms with Gasteiger partial charge in [0.25, 0.3) is 11.5 Å². The second kappa shape index (κ2) is 7.12. The molecule has 0 fully saturated rings. The van der Waals surface area contributed by atoms with Crippen LogP contribution in [0, 0.1) is 0 Å². The second-order valence-corrected chi connectivity index (χ2v) is 6.47. The normalized spacial score (nSPS) is 12.9. The Morgan fingerprint density at radius 2 is 2.04 bits per heavy atom. The van der Waals surface area contributed by atoms with Crippen LogP contribution in [0.15, 0.2) is 35.4 Å². The lowest BCUT2D eigenvalue weighted by Crippen LogP contribution is -2.32. The van der Waals surface area contributed by atoms with E-state index in [9.17, 15) is 27.9 Å². The van der Waals surface area contributed by atoms with E-state index < -0.39 is 29.3 Å². The summed E-state index contributed by atoms with van der Waals surface area (Å²) in [4.78, 5) is 24.9. The van der Waals surface area contributed by atoms with Gasteiger partial charge >= 0.3 is 6.18 Å². The summed E-state index contributed by atoms with van der Waals surface area (Å²) in [6.07, 6.45) is -2.79. The summed E-state index contributed by atoms with van der Waals surface area (Å²) in [6, 6.07) is 3.02. The van der Waals surface area contributed by atoms with Crippen molar-refractivity contribution >= 4 is 16.8 Å². The molecule has 0 unspecified atom stereocenters. The van der Waals surface area contributed by atoms with Crippen molar-refractivity contribution < 1.29 is 23.1 Å². The number of carbonyl (C=O) groups excluding carboxylic acids is 1. The maximum absolute atomic E-state index is 13.3. The minimum atomic E-state index is -4.62. The Morgan fingerprint density at radius 1 is 1.32 bits per heavy atom. The molecule has 10 heteroatoms. The van der Waals surface area contributed by atoms with E-state index in [1.165, 1.54) is 32.4 Å². The zero-order valence-corrected chi connectivity index (χ0v) is 15.0. The van der Waals surface area contributed by atoms with Crippen molar-refractivity contribution in [3.8, 4) is 11.1 Å². The topological polar surface area (TPSA) is 100 Å². The number of carbonyl (C=O) groups is 1. The van der Waals surface area contributed by atoms with E-state index in [4.69, 9.17) is 0 Å². The first kappa shape index (κ1) is 19.6. The number of amides is 1. The predicted octanol–water partition coefficient (Wildman–Crippen LogP) is 2.06. The summed E-state index contributed by atoms with van der Waals surface area (Å²) in [5, 5.41) is 18.3. The molecule has 0 saturated heterocycles. The molecular weight excluding hydrogens is 377 g/mol. The van der Waals surface area contributed by atoms with Gasteiger partial charge in [0.2, 0.25) is 0 Å². The summed E-state index contributed by atoms with van der Waals surface area (Å²) in [7, 11) is 1.40. The molecule has 1 atom stereocenters. The Labute approximate surface area is 156 Å². The van der Waals surface area contributed by atoms with Gasteiger partial charge in [0, 0.05) is 30.7 Å². The van der Waals surface area contributed by atoms with E-state index in [0.717, 1.165) is 16.7 Å². The third-order valence-electron chi connectivity index (χ3n) is 4.18.